The Kier molecular flexibility index (Phi) is 11.3. The van der Waals surface area contributed by atoms with Crippen LogP contribution in [-0.4, -0.2) is 68.0 Å². The highest BCUT2D eigenvalue weighted by Gasteiger charge is 2.32. The lowest BCUT2D eigenvalue weighted by molar-refractivity contribution is -0.143. The average Bonchev–Trinajstić information content (AvgIpc) is 3.35. The highest BCUT2D eigenvalue weighted by atomic mass is 16.4. The number of carboxylic acids is 1. The predicted molar refractivity (Wildman–Crippen MR) is 140 cm³/mol. The molecule has 0 fully saturated rings. The molecule has 4 atom stereocenters. The van der Waals surface area contributed by atoms with E-state index in [1.165, 1.54) is 18.5 Å². The van der Waals surface area contributed by atoms with Crippen LogP contribution in [0.15, 0.2) is 36.8 Å². The normalized spacial score (nSPS) is 14.4. The summed E-state index contributed by atoms with van der Waals surface area (Å²) >= 11 is 0. The summed E-state index contributed by atoms with van der Waals surface area (Å²) in [4.78, 5) is 57.7. The Balaban J connectivity index is 2.23. The number of nitrogens with two attached hydrogens (primary N) is 1. The van der Waals surface area contributed by atoms with E-state index >= 15 is 0 Å². The number of carboxylic acid groups (broad SMARTS) is 1. The van der Waals surface area contributed by atoms with Crippen LogP contribution in [0.5, 0.6) is 5.75 Å². The summed E-state index contributed by atoms with van der Waals surface area (Å²) in [5.74, 6) is -3.32. The number of hydrogen-bond donors (Lipinski definition) is 7. The monoisotopic (exact) mass is 530 g/mol. The fraction of sp³-hybridized carbons (Fsp3) is 0.500. The van der Waals surface area contributed by atoms with Gasteiger partial charge in [-0.2, -0.15) is 0 Å². The number of amides is 3. The Hall–Kier alpha value is -3.93. The number of benzene rings is 1. The molecule has 1 aromatic carbocycles. The van der Waals surface area contributed by atoms with Crippen molar-refractivity contribution < 1.29 is 29.4 Å². The summed E-state index contributed by atoms with van der Waals surface area (Å²) < 4.78 is 0. The lowest BCUT2D eigenvalue weighted by Gasteiger charge is -2.27. The molecule has 0 saturated heterocycles. The number of carbonyl (C=O) groups excluding carboxylic acids is 3. The van der Waals surface area contributed by atoms with E-state index in [0.717, 1.165) is 0 Å². The summed E-state index contributed by atoms with van der Waals surface area (Å²) in [5.41, 5.74) is 7.36. The molecule has 0 bridgehead atoms. The molecule has 12 nitrogen and oxygen atoms in total. The van der Waals surface area contributed by atoms with Crippen LogP contribution in [0.25, 0.3) is 0 Å². The van der Waals surface area contributed by atoms with Crippen molar-refractivity contribution in [2.24, 2.45) is 17.6 Å². The van der Waals surface area contributed by atoms with Gasteiger partial charge in [-0.1, -0.05) is 39.8 Å². The molecule has 0 aliphatic heterocycles. The minimum absolute atomic E-state index is 0.00125. The van der Waals surface area contributed by atoms with Gasteiger partial charge in [-0.15, -0.1) is 0 Å². The molecule has 2 rings (SSSR count). The van der Waals surface area contributed by atoms with Crippen LogP contribution in [0.3, 0.4) is 0 Å². The molecule has 0 spiro atoms. The largest absolute Gasteiger partial charge is 0.508 e. The van der Waals surface area contributed by atoms with Crippen molar-refractivity contribution >= 4 is 23.7 Å². The molecule has 38 heavy (non-hydrogen) atoms. The third-order valence-electron chi connectivity index (χ3n) is 5.91. The maximum absolute atomic E-state index is 13.4. The zero-order valence-corrected chi connectivity index (χ0v) is 22.1. The Morgan fingerprint density at radius 1 is 0.921 bits per heavy atom. The summed E-state index contributed by atoms with van der Waals surface area (Å²) in [6, 6.07) is 1.94. The molecular weight excluding hydrogens is 492 g/mol. The van der Waals surface area contributed by atoms with Gasteiger partial charge in [-0.3, -0.25) is 14.4 Å². The maximum Gasteiger partial charge on any atom is 0.326 e. The number of rotatable bonds is 14. The van der Waals surface area contributed by atoms with Crippen LogP contribution in [0.2, 0.25) is 0 Å². The molecule has 0 saturated carbocycles. The number of phenols is 1. The van der Waals surface area contributed by atoms with E-state index in [9.17, 15) is 29.4 Å². The summed E-state index contributed by atoms with van der Waals surface area (Å²) in [6.45, 7) is 7.08. The van der Waals surface area contributed by atoms with Crippen LogP contribution >= 0.6 is 0 Å². The first-order valence-electron chi connectivity index (χ1n) is 12.5. The number of imidazole rings is 1. The zero-order valence-electron chi connectivity index (χ0n) is 22.1. The average molecular weight is 531 g/mol. The first-order chi connectivity index (χ1) is 17.9. The molecule has 3 amide bonds. The number of aromatic amines is 1. The van der Waals surface area contributed by atoms with E-state index in [1.54, 1.807) is 32.2 Å². The number of phenolic OH excluding ortho intramolecular Hbond substituents is 1. The van der Waals surface area contributed by atoms with Crippen molar-refractivity contribution in [1.29, 1.82) is 0 Å². The van der Waals surface area contributed by atoms with Crippen molar-refractivity contribution in [3.05, 3.63) is 48.0 Å². The second kappa shape index (κ2) is 14.1. The molecular formula is C26H38N6O6. The topological polar surface area (TPSA) is 200 Å². The molecule has 2 aromatic rings. The van der Waals surface area contributed by atoms with Crippen LogP contribution in [0.4, 0.5) is 0 Å². The highest BCUT2D eigenvalue weighted by molar-refractivity contribution is 5.94. The second-order valence-corrected chi connectivity index (χ2v) is 10.1. The number of hydrogen-bond acceptors (Lipinski definition) is 7. The first kappa shape index (κ1) is 30.3. The van der Waals surface area contributed by atoms with Gasteiger partial charge in [-0.25, -0.2) is 9.78 Å². The van der Waals surface area contributed by atoms with Gasteiger partial charge in [0.2, 0.25) is 17.7 Å². The van der Waals surface area contributed by atoms with Crippen molar-refractivity contribution in [2.45, 2.75) is 71.1 Å². The van der Waals surface area contributed by atoms with Crippen molar-refractivity contribution in [3.63, 3.8) is 0 Å². The minimum atomic E-state index is -1.17. The van der Waals surface area contributed by atoms with E-state index in [-0.39, 0.29) is 36.8 Å². The summed E-state index contributed by atoms with van der Waals surface area (Å²) in [5, 5.41) is 26.9. The van der Waals surface area contributed by atoms with E-state index < -0.39 is 47.9 Å². The molecule has 4 unspecified atom stereocenters. The molecule has 1 heterocycles. The van der Waals surface area contributed by atoms with Crippen molar-refractivity contribution in [2.75, 3.05) is 0 Å². The Morgan fingerprint density at radius 3 is 2.05 bits per heavy atom. The number of aliphatic carboxylic acids is 1. The molecule has 0 aliphatic rings. The SMILES string of the molecule is CC(C)CC(NC(=O)C(Cc1ccc(O)cc1)NC(=O)C(N)Cc1cnc[nH]1)C(=O)NC(C(=O)O)C(C)C. The van der Waals surface area contributed by atoms with Crippen LogP contribution in [0.1, 0.15) is 45.4 Å². The number of aromatic nitrogens is 2. The fourth-order valence-electron chi connectivity index (χ4n) is 3.82. The number of nitrogens with zero attached hydrogens (tertiary/aromatic N) is 1. The number of nitrogens with one attached hydrogen (secondary N) is 4. The molecule has 12 heteroatoms. The van der Waals surface area contributed by atoms with Gasteiger partial charge in [-0.05, 0) is 36.0 Å². The van der Waals surface area contributed by atoms with Gasteiger partial charge in [0.05, 0.1) is 12.4 Å². The zero-order chi connectivity index (χ0) is 28.4. The number of aromatic hydroxyl groups is 1. The van der Waals surface area contributed by atoms with E-state index in [1.807, 2.05) is 13.8 Å². The van der Waals surface area contributed by atoms with Gasteiger partial charge in [0.15, 0.2) is 0 Å². The van der Waals surface area contributed by atoms with Gasteiger partial charge in [0.1, 0.15) is 23.9 Å². The van der Waals surface area contributed by atoms with E-state index in [0.29, 0.717) is 11.3 Å². The van der Waals surface area contributed by atoms with Crippen LogP contribution < -0.4 is 21.7 Å². The smallest absolute Gasteiger partial charge is 0.326 e. The first-order valence-corrected chi connectivity index (χ1v) is 12.5. The second-order valence-electron chi connectivity index (χ2n) is 10.1. The quantitative estimate of drug-likeness (QED) is 0.183. The number of carbonyl (C=O) groups is 4. The molecule has 0 aliphatic carbocycles. The van der Waals surface area contributed by atoms with E-state index in [4.69, 9.17) is 5.73 Å². The Morgan fingerprint density at radius 2 is 1.53 bits per heavy atom. The minimum Gasteiger partial charge on any atom is -0.508 e. The summed E-state index contributed by atoms with van der Waals surface area (Å²) in [6.07, 6.45) is 3.50. The van der Waals surface area contributed by atoms with Crippen LogP contribution in [-0.2, 0) is 32.0 Å². The number of H-pyrrole nitrogens is 1. The molecule has 208 valence electrons. The van der Waals surface area contributed by atoms with Crippen molar-refractivity contribution in [1.82, 2.24) is 25.9 Å². The lowest BCUT2D eigenvalue weighted by atomic mass is 9.99. The standard InChI is InChI=1S/C26H38N6O6/c1-14(2)9-20(25(36)32-22(15(3)4)26(37)38)31-24(35)21(10-16-5-7-18(33)8-6-16)30-23(34)19(27)11-17-12-28-13-29-17/h5-8,12-15,19-22,33H,9-11,27H2,1-4H3,(H,28,29)(H,30,34)(H,31,35)(H,32,36)(H,37,38). The summed E-state index contributed by atoms with van der Waals surface area (Å²) in [7, 11) is 0. The molecule has 0 radical (unpaired) electrons. The molecule has 8 N–H and O–H groups in total. The molecule has 1 aromatic heterocycles. The van der Waals surface area contributed by atoms with Gasteiger partial charge < -0.3 is 36.9 Å². The highest BCUT2D eigenvalue weighted by Crippen LogP contribution is 2.13. The lowest BCUT2D eigenvalue weighted by Crippen LogP contribution is -2.58. The Bertz CT molecular complexity index is 1070. The third kappa shape index (κ3) is 9.51. The Labute approximate surface area is 221 Å². The van der Waals surface area contributed by atoms with Gasteiger partial charge >= 0.3 is 5.97 Å². The predicted octanol–water partition coefficient (Wildman–Crippen LogP) is 0.469. The maximum atomic E-state index is 13.4. The fourth-order valence-corrected chi connectivity index (χ4v) is 3.82. The third-order valence-corrected chi connectivity index (χ3v) is 5.91. The van der Waals surface area contributed by atoms with Crippen molar-refractivity contribution in [3.8, 4) is 5.75 Å². The van der Waals surface area contributed by atoms with Gasteiger partial charge in [0, 0.05) is 24.7 Å². The van der Waals surface area contributed by atoms with E-state index in [2.05, 4.69) is 25.9 Å². The van der Waals surface area contributed by atoms with Gasteiger partial charge in [0.25, 0.3) is 0 Å². The van der Waals surface area contributed by atoms with Crippen LogP contribution in [0, 0.1) is 11.8 Å².